The summed E-state index contributed by atoms with van der Waals surface area (Å²) in [4.78, 5) is 22.8. The lowest BCUT2D eigenvalue weighted by Crippen LogP contribution is -2.09. The Balaban J connectivity index is 2.45. The number of carbonyl (C=O) groups excluding carboxylic acids is 1. The molecule has 1 heterocycles. The fraction of sp³-hybridized carbons (Fsp3) is 0.333. The fourth-order valence-corrected chi connectivity index (χ4v) is 2.29. The van der Waals surface area contributed by atoms with Crippen LogP contribution >= 0.6 is 0 Å². The summed E-state index contributed by atoms with van der Waals surface area (Å²) >= 11 is 0. The van der Waals surface area contributed by atoms with Crippen molar-refractivity contribution in [3.8, 4) is 0 Å². The monoisotopic (exact) mass is 303 g/mol. The number of aromatic nitrogens is 2. The molecular weight excluding hydrogens is 286 g/mol. The topological polar surface area (TPSA) is 87.3 Å². The Labute approximate surface area is 127 Å². The van der Waals surface area contributed by atoms with Gasteiger partial charge in [0.05, 0.1) is 17.2 Å². The molecule has 0 bridgehead atoms. The van der Waals surface area contributed by atoms with Gasteiger partial charge in [0.2, 0.25) is 0 Å². The van der Waals surface area contributed by atoms with Crippen LogP contribution in [0.2, 0.25) is 0 Å². The number of benzene rings is 1. The minimum atomic E-state index is -0.457. The van der Waals surface area contributed by atoms with E-state index in [0.29, 0.717) is 22.5 Å². The number of hydrogen-bond donors (Lipinski definition) is 0. The van der Waals surface area contributed by atoms with Gasteiger partial charge in [-0.3, -0.25) is 14.8 Å². The first-order valence-corrected chi connectivity index (χ1v) is 6.87. The highest BCUT2D eigenvalue weighted by atomic mass is 16.6. The van der Waals surface area contributed by atoms with Gasteiger partial charge in [-0.1, -0.05) is 18.2 Å². The average molecular weight is 303 g/mol. The van der Waals surface area contributed by atoms with E-state index in [4.69, 9.17) is 4.74 Å². The van der Waals surface area contributed by atoms with Crippen LogP contribution in [0.1, 0.15) is 34.2 Å². The maximum atomic E-state index is 12.1. The highest BCUT2D eigenvalue weighted by molar-refractivity contribution is 5.92. The molecule has 2 aromatic rings. The zero-order chi connectivity index (χ0) is 16.3. The maximum absolute atomic E-state index is 12.1. The minimum Gasteiger partial charge on any atom is -0.462 e. The molecule has 0 radical (unpaired) electrons. The lowest BCUT2D eigenvalue weighted by Gasteiger charge is -2.04. The van der Waals surface area contributed by atoms with Gasteiger partial charge < -0.3 is 4.74 Å². The van der Waals surface area contributed by atoms with Crippen molar-refractivity contribution < 1.29 is 14.5 Å². The zero-order valence-corrected chi connectivity index (χ0v) is 12.7. The molecule has 1 aromatic heterocycles. The molecule has 0 spiro atoms. The van der Waals surface area contributed by atoms with E-state index in [0.717, 1.165) is 0 Å². The second-order valence-electron chi connectivity index (χ2n) is 4.81. The van der Waals surface area contributed by atoms with Crippen molar-refractivity contribution in [2.45, 2.75) is 20.3 Å². The molecule has 7 nitrogen and oxygen atoms in total. The number of ether oxygens (including phenoxy) is 1. The molecule has 2 rings (SSSR count). The molecule has 0 N–H and O–H groups in total. The first kappa shape index (κ1) is 15.7. The van der Waals surface area contributed by atoms with Gasteiger partial charge in [0.25, 0.3) is 5.69 Å². The first-order valence-electron chi connectivity index (χ1n) is 6.87. The molecule has 7 heteroatoms. The molecule has 0 saturated heterocycles. The normalized spacial score (nSPS) is 10.5. The molecule has 0 amide bonds. The second kappa shape index (κ2) is 6.38. The van der Waals surface area contributed by atoms with E-state index in [9.17, 15) is 14.9 Å². The number of hydrogen-bond acceptors (Lipinski definition) is 5. The number of nitrogens with zero attached hydrogens (tertiary/aromatic N) is 3. The fourth-order valence-electron chi connectivity index (χ4n) is 2.29. The van der Waals surface area contributed by atoms with E-state index >= 15 is 0 Å². The third-order valence-electron chi connectivity index (χ3n) is 3.43. The lowest BCUT2D eigenvalue weighted by molar-refractivity contribution is -0.385. The Morgan fingerprint density at radius 3 is 2.73 bits per heavy atom. The third-order valence-corrected chi connectivity index (χ3v) is 3.43. The van der Waals surface area contributed by atoms with E-state index in [2.05, 4.69) is 5.10 Å². The van der Waals surface area contributed by atoms with Gasteiger partial charge in [0.1, 0.15) is 5.56 Å². The molecule has 0 saturated carbocycles. The van der Waals surface area contributed by atoms with Crippen LogP contribution in [0.4, 0.5) is 5.69 Å². The highest BCUT2D eigenvalue weighted by Gasteiger charge is 2.23. The predicted molar refractivity (Wildman–Crippen MR) is 79.8 cm³/mol. The molecule has 0 atom stereocenters. The summed E-state index contributed by atoms with van der Waals surface area (Å²) in [6, 6.07) is 6.44. The Morgan fingerprint density at radius 2 is 2.09 bits per heavy atom. The zero-order valence-electron chi connectivity index (χ0n) is 12.7. The molecule has 1 aromatic carbocycles. The maximum Gasteiger partial charge on any atom is 0.341 e. The Bertz CT molecular complexity index is 722. The van der Waals surface area contributed by atoms with Crippen molar-refractivity contribution >= 4 is 11.7 Å². The van der Waals surface area contributed by atoms with E-state index in [-0.39, 0.29) is 18.7 Å². The molecule has 0 fully saturated rings. The standard InChI is InChI=1S/C15H17N3O4/c1-4-22-15(19)14-10(2)17(3)16-12(14)9-11-7-5-6-8-13(11)18(20)21/h5-8H,4,9H2,1-3H3. The smallest absolute Gasteiger partial charge is 0.341 e. The van der Waals surface area contributed by atoms with E-state index in [1.54, 1.807) is 43.8 Å². The van der Waals surface area contributed by atoms with Gasteiger partial charge in [-0.15, -0.1) is 0 Å². The molecule has 22 heavy (non-hydrogen) atoms. The van der Waals surface area contributed by atoms with Crippen molar-refractivity contribution in [3.63, 3.8) is 0 Å². The van der Waals surface area contributed by atoms with Crippen molar-refractivity contribution in [3.05, 3.63) is 56.9 Å². The summed E-state index contributed by atoms with van der Waals surface area (Å²) in [5, 5.41) is 15.4. The predicted octanol–water partition coefficient (Wildman–Crippen LogP) is 2.40. The number of aryl methyl sites for hydroxylation is 1. The van der Waals surface area contributed by atoms with Gasteiger partial charge in [-0.2, -0.15) is 5.10 Å². The van der Waals surface area contributed by atoms with Crippen LogP contribution in [0.5, 0.6) is 0 Å². The largest absolute Gasteiger partial charge is 0.462 e. The molecular formula is C15H17N3O4. The summed E-state index contributed by atoms with van der Waals surface area (Å²) in [5.41, 5.74) is 2.05. The van der Waals surface area contributed by atoms with Gasteiger partial charge in [-0.05, 0) is 13.8 Å². The van der Waals surface area contributed by atoms with Crippen molar-refractivity contribution in [1.29, 1.82) is 0 Å². The molecule has 116 valence electrons. The number of nitro groups is 1. The van der Waals surface area contributed by atoms with Gasteiger partial charge in [-0.25, -0.2) is 4.79 Å². The molecule has 0 aliphatic rings. The molecule has 0 unspecified atom stereocenters. The number of rotatable bonds is 5. The second-order valence-corrected chi connectivity index (χ2v) is 4.81. The minimum absolute atomic E-state index is 0.0145. The molecule has 0 aliphatic heterocycles. The van der Waals surface area contributed by atoms with Gasteiger partial charge in [0.15, 0.2) is 0 Å². The van der Waals surface area contributed by atoms with Crippen molar-refractivity contribution in [2.75, 3.05) is 6.61 Å². The number of para-hydroxylation sites is 1. The average Bonchev–Trinajstić information content (AvgIpc) is 2.74. The number of nitro benzene ring substituents is 1. The summed E-state index contributed by atoms with van der Waals surface area (Å²) < 4.78 is 6.63. The number of esters is 1. The van der Waals surface area contributed by atoms with E-state index in [1.807, 2.05) is 0 Å². The Hall–Kier alpha value is -2.70. The van der Waals surface area contributed by atoms with Crippen LogP contribution < -0.4 is 0 Å². The van der Waals surface area contributed by atoms with Crippen LogP contribution in [-0.4, -0.2) is 27.3 Å². The van der Waals surface area contributed by atoms with Crippen molar-refractivity contribution in [1.82, 2.24) is 9.78 Å². The summed E-state index contributed by atoms with van der Waals surface area (Å²) in [5.74, 6) is -0.457. The summed E-state index contributed by atoms with van der Waals surface area (Å²) in [6.07, 6.45) is 0.201. The Morgan fingerprint density at radius 1 is 1.41 bits per heavy atom. The molecule has 0 aliphatic carbocycles. The summed E-state index contributed by atoms with van der Waals surface area (Å²) in [7, 11) is 1.72. The van der Waals surface area contributed by atoms with Crippen LogP contribution in [0.3, 0.4) is 0 Å². The quantitative estimate of drug-likeness (QED) is 0.481. The van der Waals surface area contributed by atoms with Crippen LogP contribution in [-0.2, 0) is 18.2 Å². The SMILES string of the molecule is CCOC(=O)c1c(Cc2ccccc2[N+](=O)[O-])nn(C)c1C. The van der Waals surface area contributed by atoms with Crippen molar-refractivity contribution in [2.24, 2.45) is 7.05 Å². The lowest BCUT2D eigenvalue weighted by atomic mass is 10.0. The van der Waals surface area contributed by atoms with Crippen LogP contribution in [0, 0.1) is 17.0 Å². The van der Waals surface area contributed by atoms with E-state index < -0.39 is 10.9 Å². The highest BCUT2D eigenvalue weighted by Crippen LogP contribution is 2.24. The first-order chi connectivity index (χ1) is 10.5. The summed E-state index contributed by atoms with van der Waals surface area (Å²) in [6.45, 7) is 3.76. The Kier molecular flexibility index (Phi) is 4.55. The van der Waals surface area contributed by atoms with Gasteiger partial charge >= 0.3 is 5.97 Å². The van der Waals surface area contributed by atoms with Crippen LogP contribution in [0.25, 0.3) is 0 Å². The van der Waals surface area contributed by atoms with Gasteiger partial charge in [0, 0.05) is 30.8 Å². The van der Waals surface area contributed by atoms with Crippen LogP contribution in [0.15, 0.2) is 24.3 Å². The third kappa shape index (κ3) is 2.98. The number of carbonyl (C=O) groups is 1. The van der Waals surface area contributed by atoms with E-state index in [1.165, 1.54) is 6.07 Å².